The molecule has 0 bridgehead atoms. The molecular formula is C23H35N5O6S. The van der Waals surface area contributed by atoms with E-state index in [9.17, 15) is 27.9 Å². The van der Waals surface area contributed by atoms with Crippen molar-refractivity contribution in [3.8, 4) is 0 Å². The van der Waals surface area contributed by atoms with Crippen LogP contribution in [0, 0.1) is 11.8 Å². The molecule has 0 aliphatic carbocycles. The molecule has 35 heavy (non-hydrogen) atoms. The van der Waals surface area contributed by atoms with Crippen molar-refractivity contribution in [3.63, 3.8) is 0 Å². The molecule has 0 spiro atoms. The number of nitrogens with two attached hydrogens (primary N) is 1. The van der Waals surface area contributed by atoms with E-state index in [0.717, 1.165) is 12.0 Å². The summed E-state index contributed by atoms with van der Waals surface area (Å²) in [6.07, 6.45) is 2.01. The Morgan fingerprint density at radius 3 is 2.69 bits per heavy atom. The number of benzene rings is 1. The minimum Gasteiger partial charge on any atom is -0.480 e. The number of aliphatic carboxylic acids is 1. The van der Waals surface area contributed by atoms with Crippen molar-refractivity contribution in [1.82, 2.24) is 14.9 Å². The first-order valence-corrected chi connectivity index (χ1v) is 13.4. The summed E-state index contributed by atoms with van der Waals surface area (Å²) in [5.74, 6) is -1.20. The Bertz CT molecular complexity index is 1060. The molecule has 11 nitrogen and oxygen atoms in total. The van der Waals surface area contributed by atoms with Gasteiger partial charge in [-0.05, 0) is 55.6 Å². The summed E-state index contributed by atoms with van der Waals surface area (Å²) in [4.78, 5) is 37.7. The summed E-state index contributed by atoms with van der Waals surface area (Å²) in [6.45, 7) is 5.02. The number of likely N-dealkylation sites (tertiary alicyclic amines) is 1. The zero-order valence-corrected chi connectivity index (χ0v) is 20.9. The molecule has 12 heteroatoms. The maximum absolute atomic E-state index is 13.5. The standard InChI is InChI=1S/C23H35N5O6S/c1-14-8-10-28(18(12-14)22(30)31)21(29)17(6-4-9-25-23(24)32)27-35(33,34)19-7-3-5-16-11-15(2)13-26-20(16)19/h3,5,7,14-15,17-18,26-27H,4,6,8-13H2,1-2H3,(H,30,31)(H3,24,25,32)/t14-,15?,17-,18-/m0/s1. The molecule has 4 atom stereocenters. The zero-order chi connectivity index (χ0) is 25.8. The second kappa shape index (κ2) is 11.3. The molecule has 2 heterocycles. The van der Waals surface area contributed by atoms with Gasteiger partial charge in [-0.2, -0.15) is 4.72 Å². The number of sulfonamides is 1. The first kappa shape index (κ1) is 26.7. The van der Waals surface area contributed by atoms with Crippen LogP contribution in [0.5, 0.6) is 0 Å². The summed E-state index contributed by atoms with van der Waals surface area (Å²) >= 11 is 0. The van der Waals surface area contributed by atoms with Crippen LogP contribution in [-0.2, 0) is 26.0 Å². The molecule has 1 aromatic rings. The number of primary amides is 1. The molecule has 3 rings (SSSR count). The first-order valence-electron chi connectivity index (χ1n) is 11.9. The van der Waals surface area contributed by atoms with Crippen LogP contribution in [-0.4, -0.2) is 68.0 Å². The summed E-state index contributed by atoms with van der Waals surface area (Å²) < 4.78 is 29.5. The van der Waals surface area contributed by atoms with Gasteiger partial charge in [-0.25, -0.2) is 18.0 Å². The van der Waals surface area contributed by atoms with Crippen molar-refractivity contribution in [2.45, 2.75) is 62.9 Å². The number of amides is 3. The lowest BCUT2D eigenvalue weighted by atomic mass is 9.91. The maximum atomic E-state index is 13.5. The third-order valence-corrected chi connectivity index (χ3v) is 8.11. The minimum atomic E-state index is -4.12. The summed E-state index contributed by atoms with van der Waals surface area (Å²) in [5.41, 5.74) is 6.50. The van der Waals surface area contributed by atoms with Crippen LogP contribution >= 0.6 is 0 Å². The second-order valence-corrected chi connectivity index (χ2v) is 11.3. The van der Waals surface area contributed by atoms with Gasteiger partial charge in [0.2, 0.25) is 15.9 Å². The number of carboxylic acid groups (broad SMARTS) is 1. The predicted molar refractivity (Wildman–Crippen MR) is 130 cm³/mol. The number of carbonyl (C=O) groups excluding carboxylic acids is 2. The van der Waals surface area contributed by atoms with Crippen LogP contribution in [0.25, 0.3) is 0 Å². The van der Waals surface area contributed by atoms with Crippen molar-refractivity contribution in [2.75, 3.05) is 25.0 Å². The molecule has 1 unspecified atom stereocenters. The Kier molecular flexibility index (Phi) is 8.60. The number of rotatable bonds is 9. The lowest BCUT2D eigenvalue weighted by Crippen LogP contribution is -2.56. The van der Waals surface area contributed by atoms with Gasteiger partial charge < -0.3 is 26.4 Å². The van der Waals surface area contributed by atoms with E-state index in [1.165, 1.54) is 11.0 Å². The highest BCUT2D eigenvalue weighted by Crippen LogP contribution is 2.31. The zero-order valence-electron chi connectivity index (χ0n) is 20.1. The molecule has 0 radical (unpaired) electrons. The van der Waals surface area contributed by atoms with E-state index in [4.69, 9.17) is 5.73 Å². The van der Waals surface area contributed by atoms with Crippen molar-refractivity contribution in [1.29, 1.82) is 0 Å². The van der Waals surface area contributed by atoms with Gasteiger partial charge in [-0.3, -0.25) is 4.79 Å². The van der Waals surface area contributed by atoms with Crippen LogP contribution in [0.2, 0.25) is 0 Å². The van der Waals surface area contributed by atoms with E-state index >= 15 is 0 Å². The third-order valence-electron chi connectivity index (χ3n) is 6.59. The van der Waals surface area contributed by atoms with Crippen LogP contribution in [0.1, 0.15) is 45.1 Å². The molecular weight excluding hydrogens is 474 g/mol. The number of hydrogen-bond acceptors (Lipinski definition) is 6. The van der Waals surface area contributed by atoms with E-state index in [1.807, 2.05) is 13.0 Å². The van der Waals surface area contributed by atoms with Gasteiger partial charge in [0.1, 0.15) is 17.0 Å². The average Bonchev–Trinajstić information content (AvgIpc) is 2.79. The first-order chi connectivity index (χ1) is 16.5. The van der Waals surface area contributed by atoms with Gasteiger partial charge in [0.25, 0.3) is 0 Å². The van der Waals surface area contributed by atoms with Crippen LogP contribution in [0.3, 0.4) is 0 Å². The van der Waals surface area contributed by atoms with Gasteiger partial charge in [0.15, 0.2) is 0 Å². The number of urea groups is 1. The second-order valence-electron chi connectivity index (χ2n) is 9.60. The highest BCUT2D eigenvalue weighted by Gasteiger charge is 2.39. The lowest BCUT2D eigenvalue weighted by molar-refractivity contribution is -0.153. The SMILES string of the molecule is CC1CNc2c(cccc2S(=O)(=O)N[C@@H](CCCNC(N)=O)C(=O)N2CC[C@H](C)C[C@H]2C(=O)O)C1. The van der Waals surface area contributed by atoms with Gasteiger partial charge in [-0.15, -0.1) is 0 Å². The van der Waals surface area contributed by atoms with Gasteiger partial charge in [-0.1, -0.05) is 26.0 Å². The van der Waals surface area contributed by atoms with Gasteiger partial charge in [0, 0.05) is 19.6 Å². The van der Waals surface area contributed by atoms with E-state index in [-0.39, 0.29) is 36.7 Å². The molecule has 1 saturated heterocycles. The number of piperidine rings is 1. The van der Waals surface area contributed by atoms with E-state index in [2.05, 4.69) is 22.3 Å². The fraction of sp³-hybridized carbons (Fsp3) is 0.609. The van der Waals surface area contributed by atoms with E-state index in [0.29, 0.717) is 31.0 Å². The highest BCUT2D eigenvalue weighted by molar-refractivity contribution is 7.89. The lowest BCUT2D eigenvalue weighted by Gasteiger charge is -2.38. The molecule has 3 amide bonds. The smallest absolute Gasteiger partial charge is 0.326 e. The topological polar surface area (TPSA) is 171 Å². The summed E-state index contributed by atoms with van der Waals surface area (Å²) in [5, 5.41) is 15.3. The van der Waals surface area contributed by atoms with Crippen LogP contribution < -0.4 is 21.1 Å². The number of hydrogen-bond donors (Lipinski definition) is 5. The van der Waals surface area contributed by atoms with E-state index < -0.39 is 40.0 Å². The number of carbonyl (C=O) groups is 3. The molecule has 6 N–H and O–H groups in total. The van der Waals surface area contributed by atoms with Crippen molar-refractivity contribution < 1.29 is 27.9 Å². The van der Waals surface area contributed by atoms with Crippen molar-refractivity contribution in [2.24, 2.45) is 17.6 Å². The molecule has 2 aliphatic rings. The largest absolute Gasteiger partial charge is 0.480 e. The van der Waals surface area contributed by atoms with Crippen molar-refractivity contribution in [3.05, 3.63) is 23.8 Å². The Morgan fingerprint density at radius 2 is 2.00 bits per heavy atom. The molecule has 1 fully saturated rings. The molecule has 0 saturated carbocycles. The van der Waals surface area contributed by atoms with Crippen LogP contribution in [0.15, 0.2) is 23.1 Å². The van der Waals surface area contributed by atoms with Gasteiger partial charge in [0.05, 0.1) is 5.69 Å². The quantitative estimate of drug-likeness (QED) is 0.310. The fourth-order valence-corrected chi connectivity index (χ4v) is 6.19. The fourth-order valence-electron chi connectivity index (χ4n) is 4.74. The number of carboxylic acids is 1. The minimum absolute atomic E-state index is 0.0528. The van der Waals surface area contributed by atoms with E-state index in [1.54, 1.807) is 6.07 Å². The predicted octanol–water partition coefficient (Wildman–Crippen LogP) is 1.10. The normalized spacial score (nSPS) is 23.0. The number of para-hydroxylation sites is 1. The van der Waals surface area contributed by atoms with Gasteiger partial charge >= 0.3 is 12.0 Å². The number of nitrogens with one attached hydrogen (secondary N) is 3. The number of anilines is 1. The Labute approximate surface area is 205 Å². The Morgan fingerprint density at radius 1 is 1.26 bits per heavy atom. The summed E-state index contributed by atoms with van der Waals surface area (Å²) in [7, 11) is -4.12. The third kappa shape index (κ3) is 6.63. The number of fused-ring (bicyclic) bond motifs is 1. The molecule has 2 aliphatic heterocycles. The molecule has 0 aromatic heterocycles. The Hall–Kier alpha value is -2.86. The highest BCUT2D eigenvalue weighted by atomic mass is 32.2. The number of nitrogens with zero attached hydrogens (tertiary/aromatic N) is 1. The average molecular weight is 510 g/mol. The molecule has 194 valence electrons. The maximum Gasteiger partial charge on any atom is 0.326 e. The Balaban J connectivity index is 1.87. The monoisotopic (exact) mass is 509 g/mol. The molecule has 1 aromatic carbocycles. The summed E-state index contributed by atoms with van der Waals surface area (Å²) in [6, 6.07) is 2.11. The van der Waals surface area contributed by atoms with Crippen molar-refractivity contribution >= 4 is 33.6 Å². The van der Waals surface area contributed by atoms with Crippen LogP contribution in [0.4, 0.5) is 10.5 Å².